The Morgan fingerprint density at radius 1 is 1.22 bits per heavy atom. The van der Waals surface area contributed by atoms with Crippen molar-refractivity contribution in [1.29, 1.82) is 0 Å². The molecule has 5 nitrogen and oxygen atoms in total. The van der Waals surface area contributed by atoms with E-state index in [1.54, 1.807) is 35.3 Å². The lowest BCUT2D eigenvalue weighted by Gasteiger charge is -1.99. The van der Waals surface area contributed by atoms with Gasteiger partial charge in [-0.2, -0.15) is 5.11 Å². The summed E-state index contributed by atoms with van der Waals surface area (Å²) in [5.74, 6) is -0.911. The van der Waals surface area contributed by atoms with Crippen molar-refractivity contribution in [2.24, 2.45) is 10.3 Å². The van der Waals surface area contributed by atoms with Gasteiger partial charge >= 0.3 is 5.97 Å². The molecule has 0 aliphatic carbocycles. The summed E-state index contributed by atoms with van der Waals surface area (Å²) in [6.45, 7) is 0.529. The Morgan fingerprint density at radius 3 is 2.72 bits per heavy atom. The predicted octanol–water partition coefficient (Wildman–Crippen LogP) is 2.64. The maximum Gasteiger partial charge on any atom is 0.335 e. The van der Waals surface area contributed by atoms with E-state index in [2.05, 4.69) is 10.3 Å². The van der Waals surface area contributed by atoms with Gasteiger partial charge in [0, 0.05) is 12.4 Å². The summed E-state index contributed by atoms with van der Waals surface area (Å²) in [6, 6.07) is 10.6. The minimum Gasteiger partial charge on any atom is -0.478 e. The molecule has 1 N–H and O–H groups in total. The topological polar surface area (TPSA) is 66.9 Å². The van der Waals surface area contributed by atoms with Crippen LogP contribution in [0.1, 0.15) is 15.9 Å². The van der Waals surface area contributed by atoms with Crippen molar-refractivity contribution >= 4 is 5.97 Å². The van der Waals surface area contributed by atoms with E-state index >= 15 is 0 Å². The van der Waals surface area contributed by atoms with Gasteiger partial charge in [-0.1, -0.05) is 17.4 Å². The average molecular weight is 243 g/mol. The molecule has 0 radical (unpaired) electrons. The molecule has 0 saturated heterocycles. The van der Waals surface area contributed by atoms with Crippen LogP contribution in [0.25, 0.3) is 0 Å². The van der Waals surface area contributed by atoms with E-state index in [-0.39, 0.29) is 0 Å². The molecule has 18 heavy (non-hydrogen) atoms. The highest BCUT2D eigenvalue weighted by Crippen LogP contribution is 2.06. The van der Waals surface area contributed by atoms with Crippen LogP contribution in [0.15, 0.2) is 59.1 Å². The maximum absolute atomic E-state index is 10.8. The molecule has 5 heteroatoms. The molecule has 0 spiro atoms. The molecular formula is C13H13N3O2. The Labute approximate surface area is 104 Å². The van der Waals surface area contributed by atoms with E-state index in [0.717, 1.165) is 5.56 Å². The van der Waals surface area contributed by atoms with Crippen molar-refractivity contribution in [2.45, 2.75) is 6.42 Å². The van der Waals surface area contributed by atoms with E-state index in [1.165, 1.54) is 0 Å². The molecule has 2 rings (SSSR count). The summed E-state index contributed by atoms with van der Waals surface area (Å²) in [7, 11) is 0. The van der Waals surface area contributed by atoms with Gasteiger partial charge in [-0.3, -0.25) is 0 Å². The van der Waals surface area contributed by atoms with Crippen molar-refractivity contribution in [3.8, 4) is 0 Å². The molecule has 0 atom stereocenters. The molecule has 0 saturated carbocycles. The first-order chi connectivity index (χ1) is 8.75. The molecular weight excluding hydrogens is 230 g/mol. The third-order valence-electron chi connectivity index (χ3n) is 2.43. The highest BCUT2D eigenvalue weighted by molar-refractivity contribution is 5.87. The Hall–Kier alpha value is -2.43. The number of carboxylic acid groups (broad SMARTS) is 1. The van der Waals surface area contributed by atoms with Crippen molar-refractivity contribution in [1.82, 2.24) is 4.68 Å². The third-order valence-corrected chi connectivity index (χ3v) is 2.43. The molecule has 0 aliphatic rings. The zero-order valence-corrected chi connectivity index (χ0v) is 9.73. The largest absolute Gasteiger partial charge is 0.478 e. The Balaban J connectivity index is 1.90. The van der Waals surface area contributed by atoms with Crippen molar-refractivity contribution < 1.29 is 9.90 Å². The van der Waals surface area contributed by atoms with Crippen molar-refractivity contribution in [3.63, 3.8) is 0 Å². The summed E-state index contributed by atoms with van der Waals surface area (Å²) in [5.41, 5.74) is 1.25. The minimum absolute atomic E-state index is 0.301. The van der Waals surface area contributed by atoms with Crippen LogP contribution in [0.4, 0.5) is 0 Å². The molecule has 0 unspecified atom stereocenters. The number of rotatable bonds is 5. The molecule has 1 aromatic heterocycles. The molecule has 1 heterocycles. The second-order valence-electron chi connectivity index (χ2n) is 3.77. The zero-order chi connectivity index (χ0) is 12.8. The van der Waals surface area contributed by atoms with Crippen LogP contribution in [-0.4, -0.2) is 22.3 Å². The average Bonchev–Trinajstić information content (AvgIpc) is 2.88. The standard InChI is InChI=1S/C13H13N3O2/c17-13(18)12-5-3-4-11(10-12)6-7-14-15-16-8-1-2-9-16/h1-5,8-10H,6-7H2,(H,17,18). The van der Waals surface area contributed by atoms with Crippen LogP contribution in [-0.2, 0) is 6.42 Å². The van der Waals surface area contributed by atoms with E-state index in [9.17, 15) is 4.79 Å². The third kappa shape index (κ3) is 3.28. The number of carboxylic acids is 1. The minimum atomic E-state index is -0.911. The number of benzene rings is 1. The fourth-order valence-corrected chi connectivity index (χ4v) is 1.54. The SMILES string of the molecule is O=C(O)c1cccc(CCN=Nn2cccc2)c1. The monoisotopic (exact) mass is 243 g/mol. The molecule has 92 valence electrons. The summed E-state index contributed by atoms with van der Waals surface area (Å²) in [4.78, 5) is 10.8. The van der Waals surface area contributed by atoms with Crippen LogP contribution < -0.4 is 0 Å². The Kier molecular flexibility index (Phi) is 3.86. The maximum atomic E-state index is 10.8. The number of hydrogen-bond acceptors (Lipinski definition) is 3. The van der Waals surface area contributed by atoms with Gasteiger partial charge in [0.05, 0.1) is 12.1 Å². The number of nitrogens with zero attached hydrogens (tertiary/aromatic N) is 3. The molecule has 1 aromatic carbocycles. The van der Waals surface area contributed by atoms with E-state index in [1.807, 2.05) is 18.2 Å². The highest BCUT2D eigenvalue weighted by Gasteiger charge is 2.02. The van der Waals surface area contributed by atoms with Crippen LogP contribution >= 0.6 is 0 Å². The van der Waals surface area contributed by atoms with Gasteiger partial charge < -0.3 is 5.11 Å². The van der Waals surface area contributed by atoms with Gasteiger partial charge in [0.2, 0.25) is 0 Å². The second kappa shape index (κ2) is 5.77. The number of aromatic carboxylic acids is 1. The summed E-state index contributed by atoms with van der Waals surface area (Å²) < 4.78 is 1.62. The first kappa shape index (κ1) is 12.0. The van der Waals surface area contributed by atoms with Crippen LogP contribution in [0.5, 0.6) is 0 Å². The quantitative estimate of drug-likeness (QED) is 0.820. The van der Waals surface area contributed by atoms with Crippen molar-refractivity contribution in [2.75, 3.05) is 6.54 Å². The number of hydrogen-bond donors (Lipinski definition) is 1. The van der Waals surface area contributed by atoms with Crippen molar-refractivity contribution in [3.05, 3.63) is 59.9 Å². The van der Waals surface area contributed by atoms with Gasteiger partial charge in [-0.15, -0.1) is 0 Å². The van der Waals surface area contributed by atoms with Crippen LogP contribution in [0, 0.1) is 0 Å². The first-order valence-corrected chi connectivity index (χ1v) is 5.59. The Morgan fingerprint density at radius 2 is 2.00 bits per heavy atom. The zero-order valence-electron chi connectivity index (χ0n) is 9.73. The smallest absolute Gasteiger partial charge is 0.335 e. The lowest BCUT2D eigenvalue weighted by atomic mass is 10.1. The summed E-state index contributed by atoms with van der Waals surface area (Å²) >= 11 is 0. The van der Waals surface area contributed by atoms with Gasteiger partial charge in [-0.05, 0) is 36.2 Å². The van der Waals surface area contributed by atoms with E-state index < -0.39 is 5.97 Å². The van der Waals surface area contributed by atoms with Crippen LogP contribution in [0.3, 0.4) is 0 Å². The summed E-state index contributed by atoms with van der Waals surface area (Å²) in [5, 5.41) is 16.8. The molecule has 0 aliphatic heterocycles. The lowest BCUT2D eigenvalue weighted by molar-refractivity contribution is 0.0697. The molecule has 2 aromatic rings. The molecule has 0 bridgehead atoms. The fraction of sp³-hybridized carbons (Fsp3) is 0.154. The summed E-state index contributed by atoms with van der Waals surface area (Å²) in [6.07, 6.45) is 4.27. The number of aromatic nitrogens is 1. The highest BCUT2D eigenvalue weighted by atomic mass is 16.4. The Bertz CT molecular complexity index is 547. The van der Waals surface area contributed by atoms with Gasteiger partial charge in [-0.25, -0.2) is 9.47 Å². The second-order valence-corrected chi connectivity index (χ2v) is 3.77. The molecule has 0 fully saturated rings. The van der Waals surface area contributed by atoms with Gasteiger partial charge in [0.15, 0.2) is 0 Å². The van der Waals surface area contributed by atoms with Gasteiger partial charge in [0.25, 0.3) is 0 Å². The van der Waals surface area contributed by atoms with Gasteiger partial charge in [0.1, 0.15) is 0 Å². The van der Waals surface area contributed by atoms with E-state index in [0.29, 0.717) is 18.5 Å². The van der Waals surface area contributed by atoms with Crippen LogP contribution in [0.2, 0.25) is 0 Å². The van der Waals surface area contributed by atoms with E-state index in [4.69, 9.17) is 5.11 Å². The molecule has 0 amide bonds. The predicted molar refractivity (Wildman–Crippen MR) is 66.7 cm³/mol. The number of carbonyl (C=O) groups is 1. The lowest BCUT2D eigenvalue weighted by Crippen LogP contribution is -1.98. The first-order valence-electron chi connectivity index (χ1n) is 5.59. The fourth-order valence-electron chi connectivity index (χ4n) is 1.54. The normalized spacial score (nSPS) is 10.9.